The van der Waals surface area contributed by atoms with E-state index in [0.29, 0.717) is 6.54 Å². The Morgan fingerprint density at radius 2 is 1.74 bits per heavy atom. The van der Waals surface area contributed by atoms with Gasteiger partial charge in [0.1, 0.15) is 5.82 Å². The number of aryl methyl sites for hydroxylation is 1. The van der Waals surface area contributed by atoms with Gasteiger partial charge in [-0.05, 0) is 60.2 Å². The Hall–Kier alpha value is -4.07. The summed E-state index contributed by atoms with van der Waals surface area (Å²) in [5, 5.41) is 3.41. The lowest BCUT2D eigenvalue weighted by atomic mass is 9.90. The van der Waals surface area contributed by atoms with Crippen molar-refractivity contribution in [2.24, 2.45) is 0 Å². The fraction of sp³-hybridized carbons (Fsp3) is 0.258. The summed E-state index contributed by atoms with van der Waals surface area (Å²) < 4.78 is 0. The molecule has 7 nitrogen and oxygen atoms in total. The summed E-state index contributed by atoms with van der Waals surface area (Å²) in [6.45, 7) is 2.90. The maximum absolute atomic E-state index is 11.5. The summed E-state index contributed by atoms with van der Waals surface area (Å²) >= 11 is 0. The molecule has 0 amide bonds. The smallest absolute Gasteiger partial charge is 0.248 e. The summed E-state index contributed by atoms with van der Waals surface area (Å²) in [5.41, 5.74) is 7.92. The molecule has 3 N–H and O–H groups in total. The molecule has 6 rings (SSSR count). The molecule has 7 heteroatoms. The minimum absolute atomic E-state index is 0.0726. The molecule has 1 unspecified atom stereocenters. The van der Waals surface area contributed by atoms with Crippen LogP contribution in [0.3, 0.4) is 0 Å². The minimum Gasteiger partial charge on any atom is -0.341 e. The number of nitrogens with zero attached hydrogens (tertiary/aromatic N) is 3. The Bertz CT molecular complexity index is 1540. The summed E-state index contributed by atoms with van der Waals surface area (Å²) in [6.07, 6.45) is 5.27. The minimum atomic E-state index is -0.0726. The topological polar surface area (TPSA) is 89.7 Å². The number of aromatic nitrogens is 4. The van der Waals surface area contributed by atoms with Gasteiger partial charge in [-0.15, -0.1) is 0 Å². The van der Waals surface area contributed by atoms with Crippen molar-refractivity contribution >= 4 is 11.0 Å². The number of nitrogens with one attached hydrogen (secondary N) is 3. The van der Waals surface area contributed by atoms with Crippen molar-refractivity contribution in [1.82, 2.24) is 30.2 Å². The van der Waals surface area contributed by atoms with Gasteiger partial charge in [0.15, 0.2) is 0 Å². The normalized spacial score (nSPS) is 15.1. The van der Waals surface area contributed by atoms with E-state index in [2.05, 4.69) is 62.6 Å². The van der Waals surface area contributed by atoms with Gasteiger partial charge in [-0.2, -0.15) is 0 Å². The number of aromatic amines is 2. The zero-order chi connectivity index (χ0) is 25.7. The number of para-hydroxylation sites is 2. The van der Waals surface area contributed by atoms with Gasteiger partial charge in [-0.3, -0.25) is 14.7 Å². The van der Waals surface area contributed by atoms with E-state index in [1.54, 1.807) is 6.07 Å². The molecule has 5 aromatic rings. The van der Waals surface area contributed by atoms with E-state index < -0.39 is 0 Å². The first-order chi connectivity index (χ1) is 18.7. The van der Waals surface area contributed by atoms with Crippen LogP contribution in [-0.4, -0.2) is 24.8 Å². The quantitative estimate of drug-likeness (QED) is 0.262. The van der Waals surface area contributed by atoms with E-state index in [1.807, 2.05) is 30.5 Å². The van der Waals surface area contributed by atoms with Crippen LogP contribution < -0.4 is 10.9 Å². The van der Waals surface area contributed by atoms with Crippen LogP contribution in [0.4, 0.5) is 0 Å². The maximum atomic E-state index is 11.5. The molecule has 0 saturated heterocycles. The molecular weight excluding hydrogens is 472 g/mol. The largest absolute Gasteiger partial charge is 0.341 e. The van der Waals surface area contributed by atoms with Crippen LogP contribution in [0.5, 0.6) is 0 Å². The number of pyridine rings is 2. The Kier molecular flexibility index (Phi) is 7.11. The molecule has 0 radical (unpaired) electrons. The first kappa shape index (κ1) is 24.3. The molecule has 0 aliphatic heterocycles. The lowest BCUT2D eigenvalue weighted by molar-refractivity contribution is 0.153. The fourth-order valence-corrected chi connectivity index (χ4v) is 5.42. The van der Waals surface area contributed by atoms with Gasteiger partial charge >= 0.3 is 0 Å². The molecule has 3 heterocycles. The molecule has 1 aliphatic carbocycles. The predicted octanol–water partition coefficient (Wildman–Crippen LogP) is 5.02. The molecule has 2 aromatic carbocycles. The molecule has 38 heavy (non-hydrogen) atoms. The average molecular weight is 505 g/mol. The second-order valence-corrected chi connectivity index (χ2v) is 10.0. The molecule has 0 spiro atoms. The zero-order valence-corrected chi connectivity index (χ0v) is 21.4. The van der Waals surface area contributed by atoms with Crippen molar-refractivity contribution in [3.63, 3.8) is 0 Å². The van der Waals surface area contributed by atoms with E-state index in [4.69, 9.17) is 9.97 Å². The third-order valence-electron chi connectivity index (χ3n) is 7.28. The van der Waals surface area contributed by atoms with Crippen LogP contribution in [0.25, 0.3) is 11.0 Å². The van der Waals surface area contributed by atoms with Crippen LogP contribution in [0.15, 0.2) is 89.9 Å². The first-order valence-corrected chi connectivity index (χ1v) is 13.3. The van der Waals surface area contributed by atoms with Crippen LogP contribution >= 0.6 is 0 Å². The molecule has 0 bridgehead atoms. The summed E-state index contributed by atoms with van der Waals surface area (Å²) in [4.78, 5) is 30.1. The average Bonchev–Trinajstić information content (AvgIpc) is 3.36. The third-order valence-corrected chi connectivity index (χ3v) is 7.28. The van der Waals surface area contributed by atoms with Gasteiger partial charge in [-0.25, -0.2) is 4.98 Å². The molecule has 192 valence electrons. The molecule has 1 aliphatic rings. The Morgan fingerprint density at radius 1 is 0.868 bits per heavy atom. The highest BCUT2D eigenvalue weighted by atomic mass is 16.1. The summed E-state index contributed by atoms with van der Waals surface area (Å²) in [5.74, 6) is 0.981. The summed E-state index contributed by atoms with van der Waals surface area (Å²) in [7, 11) is 0. The van der Waals surface area contributed by atoms with Crippen LogP contribution in [0.2, 0.25) is 0 Å². The van der Waals surface area contributed by atoms with E-state index in [1.165, 1.54) is 28.5 Å². The SMILES string of the molecule is O=c1cccc(CNCc2ccc(CN(Cc3nc4ccccc4[nH]3)C3CCCc4cccnc43)cc2)[nH]1. The van der Waals surface area contributed by atoms with Crippen molar-refractivity contribution in [3.05, 3.63) is 129 Å². The van der Waals surface area contributed by atoms with Gasteiger partial charge in [-0.1, -0.05) is 48.5 Å². The van der Waals surface area contributed by atoms with Gasteiger partial charge in [0.25, 0.3) is 0 Å². The van der Waals surface area contributed by atoms with Gasteiger partial charge in [0, 0.05) is 37.6 Å². The Balaban J connectivity index is 1.19. The van der Waals surface area contributed by atoms with E-state index in [9.17, 15) is 4.79 Å². The fourth-order valence-electron chi connectivity index (χ4n) is 5.42. The highest BCUT2D eigenvalue weighted by Crippen LogP contribution is 2.34. The van der Waals surface area contributed by atoms with Crippen molar-refractivity contribution in [3.8, 4) is 0 Å². The number of hydrogen-bond donors (Lipinski definition) is 3. The second kappa shape index (κ2) is 11.1. The van der Waals surface area contributed by atoms with Crippen molar-refractivity contribution in [2.75, 3.05) is 0 Å². The zero-order valence-electron chi connectivity index (χ0n) is 21.4. The highest BCUT2D eigenvalue weighted by molar-refractivity contribution is 5.74. The van der Waals surface area contributed by atoms with E-state index >= 15 is 0 Å². The standard InChI is InChI=1S/C31H32N6O/c38-30-12-4-8-25(34-30)19-32-18-22-13-15-23(16-14-22)20-37(21-29-35-26-9-1-2-10-27(26)36-29)28-11-3-6-24-7-5-17-33-31(24)28/h1-2,4-5,7-10,12-17,28,32H,3,6,11,18-21H2,(H,34,38)(H,35,36). The molecule has 3 aromatic heterocycles. The Labute approximate surface area is 222 Å². The molecule has 1 atom stereocenters. The van der Waals surface area contributed by atoms with E-state index in [-0.39, 0.29) is 11.6 Å². The predicted molar refractivity (Wildman–Crippen MR) is 149 cm³/mol. The van der Waals surface area contributed by atoms with Gasteiger partial charge < -0.3 is 15.3 Å². The molecular formula is C31H32N6O. The number of benzene rings is 2. The highest BCUT2D eigenvalue weighted by Gasteiger charge is 2.28. The van der Waals surface area contributed by atoms with E-state index in [0.717, 1.165) is 61.4 Å². The maximum Gasteiger partial charge on any atom is 0.248 e. The van der Waals surface area contributed by atoms with Crippen molar-refractivity contribution < 1.29 is 0 Å². The van der Waals surface area contributed by atoms with Crippen molar-refractivity contribution in [1.29, 1.82) is 0 Å². The van der Waals surface area contributed by atoms with Crippen LogP contribution in [0.1, 0.15) is 52.8 Å². The second-order valence-electron chi connectivity index (χ2n) is 10.0. The Morgan fingerprint density at radius 3 is 2.61 bits per heavy atom. The first-order valence-electron chi connectivity index (χ1n) is 13.3. The van der Waals surface area contributed by atoms with Gasteiger partial charge in [0.05, 0.1) is 29.3 Å². The summed E-state index contributed by atoms with van der Waals surface area (Å²) in [6, 6.07) is 26.8. The lowest BCUT2D eigenvalue weighted by Crippen LogP contribution is -2.31. The molecule has 0 saturated carbocycles. The number of fused-ring (bicyclic) bond motifs is 2. The van der Waals surface area contributed by atoms with Crippen LogP contribution in [0, 0.1) is 0 Å². The van der Waals surface area contributed by atoms with Crippen LogP contribution in [-0.2, 0) is 32.6 Å². The van der Waals surface area contributed by atoms with Gasteiger partial charge in [0.2, 0.25) is 5.56 Å². The number of H-pyrrole nitrogens is 2. The number of rotatable bonds is 9. The third kappa shape index (κ3) is 5.59. The lowest BCUT2D eigenvalue weighted by Gasteiger charge is -2.34. The molecule has 0 fully saturated rings. The number of imidazole rings is 1. The monoisotopic (exact) mass is 504 g/mol. The van der Waals surface area contributed by atoms with Crippen molar-refractivity contribution in [2.45, 2.75) is 51.5 Å². The number of hydrogen-bond acceptors (Lipinski definition) is 5.